The molecule has 0 saturated carbocycles. The van der Waals surface area contributed by atoms with E-state index < -0.39 is 0 Å². The van der Waals surface area contributed by atoms with Gasteiger partial charge in [0.15, 0.2) is 0 Å². The summed E-state index contributed by atoms with van der Waals surface area (Å²) in [6.07, 6.45) is 8.19. The third-order valence-corrected chi connectivity index (χ3v) is 3.34. The molecule has 4 heteroatoms. The molecule has 0 heterocycles. The second kappa shape index (κ2) is 16.0. The van der Waals surface area contributed by atoms with Crippen molar-refractivity contribution in [3.05, 3.63) is 35.9 Å². The van der Waals surface area contributed by atoms with Gasteiger partial charge in [-0.05, 0) is 12.0 Å². The van der Waals surface area contributed by atoms with Crippen LogP contribution in [0.4, 0.5) is 0 Å². The molecule has 0 amide bonds. The summed E-state index contributed by atoms with van der Waals surface area (Å²) in [7, 11) is 0. The first-order chi connectivity index (χ1) is 11.6. The van der Waals surface area contributed by atoms with Crippen LogP contribution in [0.25, 0.3) is 0 Å². The van der Waals surface area contributed by atoms with E-state index in [9.17, 15) is 9.59 Å². The maximum atomic E-state index is 10.4. The van der Waals surface area contributed by atoms with Crippen LogP contribution in [0, 0.1) is 0 Å². The molecule has 0 aliphatic heterocycles. The van der Waals surface area contributed by atoms with Crippen molar-refractivity contribution in [3.8, 4) is 0 Å². The van der Waals surface area contributed by atoms with Crippen LogP contribution in [-0.2, 0) is 25.5 Å². The van der Waals surface area contributed by atoms with E-state index >= 15 is 0 Å². The van der Waals surface area contributed by atoms with Gasteiger partial charge in [0.25, 0.3) is 0 Å². The maximum absolute atomic E-state index is 10.4. The Morgan fingerprint density at radius 3 is 1.92 bits per heavy atom. The van der Waals surface area contributed by atoms with E-state index in [0.717, 1.165) is 12.8 Å². The lowest BCUT2D eigenvalue weighted by molar-refractivity contribution is -0.141. The first-order valence-electron chi connectivity index (χ1n) is 8.87. The van der Waals surface area contributed by atoms with Crippen LogP contribution in [0.1, 0.15) is 64.9 Å². The van der Waals surface area contributed by atoms with Crippen molar-refractivity contribution >= 4 is 11.9 Å². The first kappa shape index (κ1) is 22.2. The Morgan fingerprint density at radius 1 is 0.792 bits per heavy atom. The molecule has 1 aromatic rings. The predicted octanol–water partition coefficient (Wildman–Crippen LogP) is 4.70. The Balaban J connectivity index is 0.000000441. The van der Waals surface area contributed by atoms with Crippen molar-refractivity contribution in [2.45, 2.75) is 65.7 Å². The molecular weight excluding hydrogens is 304 g/mol. The van der Waals surface area contributed by atoms with E-state index in [2.05, 4.69) is 6.92 Å². The van der Waals surface area contributed by atoms with Gasteiger partial charge in [0, 0.05) is 20.3 Å². The zero-order valence-electron chi connectivity index (χ0n) is 15.4. The minimum atomic E-state index is -0.217. The Kier molecular flexibility index (Phi) is 14.8. The number of ether oxygens (including phenoxy) is 2. The van der Waals surface area contributed by atoms with Gasteiger partial charge in [-0.15, -0.1) is 0 Å². The number of benzene rings is 1. The summed E-state index contributed by atoms with van der Waals surface area (Å²) in [5, 5.41) is 0. The van der Waals surface area contributed by atoms with E-state index in [1.807, 2.05) is 30.3 Å². The smallest absolute Gasteiger partial charge is 0.302 e. The third-order valence-electron chi connectivity index (χ3n) is 3.34. The maximum Gasteiger partial charge on any atom is 0.302 e. The van der Waals surface area contributed by atoms with Gasteiger partial charge in [-0.2, -0.15) is 0 Å². The molecule has 0 aliphatic carbocycles. The van der Waals surface area contributed by atoms with E-state index in [0.29, 0.717) is 13.2 Å². The SMILES string of the molecule is CC(=O)OCCc1ccccc1.CCCCCCCCOC(C)=O. The second-order valence-electron chi connectivity index (χ2n) is 5.68. The molecule has 0 aromatic heterocycles. The molecule has 0 saturated heterocycles. The van der Waals surface area contributed by atoms with Crippen LogP contribution in [0.5, 0.6) is 0 Å². The summed E-state index contributed by atoms with van der Waals surface area (Å²) in [6.45, 7) is 6.15. The van der Waals surface area contributed by atoms with Gasteiger partial charge >= 0.3 is 11.9 Å². The van der Waals surface area contributed by atoms with Crippen molar-refractivity contribution in [2.24, 2.45) is 0 Å². The summed E-state index contributed by atoms with van der Waals surface area (Å²) in [5.74, 6) is -0.380. The highest BCUT2D eigenvalue weighted by Gasteiger charge is 1.94. The van der Waals surface area contributed by atoms with Crippen molar-refractivity contribution in [2.75, 3.05) is 13.2 Å². The van der Waals surface area contributed by atoms with Gasteiger partial charge in [0.2, 0.25) is 0 Å². The standard InChI is InChI=1S/C10H12O2.C10H20O2/c1-9(11)12-8-7-10-5-3-2-4-6-10;1-3-4-5-6-7-8-9-12-10(2)11/h2-6H,7-8H2,1H3;3-9H2,1-2H3. The van der Waals surface area contributed by atoms with Crippen LogP contribution in [0.15, 0.2) is 30.3 Å². The quantitative estimate of drug-likeness (QED) is 0.459. The number of rotatable bonds is 10. The fourth-order valence-electron chi connectivity index (χ4n) is 2.06. The fourth-order valence-corrected chi connectivity index (χ4v) is 2.06. The molecule has 24 heavy (non-hydrogen) atoms. The van der Waals surface area contributed by atoms with Crippen LogP contribution >= 0.6 is 0 Å². The topological polar surface area (TPSA) is 52.6 Å². The highest BCUT2D eigenvalue weighted by atomic mass is 16.5. The molecule has 0 aliphatic rings. The summed E-state index contributed by atoms with van der Waals surface area (Å²) in [4.78, 5) is 20.8. The average Bonchev–Trinajstić information content (AvgIpc) is 2.55. The lowest BCUT2D eigenvalue weighted by Gasteiger charge is -2.01. The van der Waals surface area contributed by atoms with Crippen molar-refractivity contribution in [1.29, 1.82) is 0 Å². The number of carbonyl (C=O) groups is 2. The average molecular weight is 336 g/mol. The van der Waals surface area contributed by atoms with E-state index in [4.69, 9.17) is 9.47 Å². The molecule has 0 spiro atoms. The molecule has 1 aromatic carbocycles. The Hall–Kier alpha value is -1.84. The highest BCUT2D eigenvalue weighted by molar-refractivity contribution is 5.66. The van der Waals surface area contributed by atoms with E-state index in [-0.39, 0.29) is 11.9 Å². The van der Waals surface area contributed by atoms with Crippen LogP contribution in [0.2, 0.25) is 0 Å². The molecule has 0 bridgehead atoms. The summed E-state index contributed by atoms with van der Waals surface area (Å²) in [6, 6.07) is 9.95. The first-order valence-corrected chi connectivity index (χ1v) is 8.87. The minimum absolute atomic E-state index is 0.163. The molecular formula is C20H32O4. The zero-order valence-corrected chi connectivity index (χ0v) is 15.4. The Morgan fingerprint density at radius 2 is 1.33 bits per heavy atom. The van der Waals surface area contributed by atoms with Crippen LogP contribution < -0.4 is 0 Å². The summed E-state index contributed by atoms with van der Waals surface area (Å²) >= 11 is 0. The lowest BCUT2D eigenvalue weighted by atomic mass is 10.1. The number of hydrogen-bond acceptors (Lipinski definition) is 4. The molecule has 136 valence electrons. The minimum Gasteiger partial charge on any atom is -0.466 e. The monoisotopic (exact) mass is 336 g/mol. The Bertz CT molecular complexity index is 429. The normalized spacial score (nSPS) is 9.62. The second-order valence-corrected chi connectivity index (χ2v) is 5.68. The van der Waals surface area contributed by atoms with Crippen molar-refractivity contribution in [1.82, 2.24) is 0 Å². The highest BCUT2D eigenvalue weighted by Crippen LogP contribution is 2.04. The molecule has 0 unspecified atom stereocenters. The molecule has 4 nitrogen and oxygen atoms in total. The van der Waals surface area contributed by atoms with E-state index in [1.165, 1.54) is 51.5 Å². The van der Waals surface area contributed by atoms with E-state index in [1.54, 1.807) is 0 Å². The number of unbranched alkanes of at least 4 members (excludes halogenated alkanes) is 5. The van der Waals surface area contributed by atoms with Gasteiger partial charge in [-0.25, -0.2) is 0 Å². The number of esters is 2. The number of carbonyl (C=O) groups excluding carboxylic acids is 2. The van der Waals surface area contributed by atoms with Gasteiger partial charge in [0.05, 0.1) is 13.2 Å². The van der Waals surface area contributed by atoms with Gasteiger partial charge in [-0.1, -0.05) is 69.4 Å². The fraction of sp³-hybridized carbons (Fsp3) is 0.600. The molecule has 0 atom stereocenters. The summed E-state index contributed by atoms with van der Waals surface area (Å²) in [5.41, 5.74) is 1.19. The van der Waals surface area contributed by atoms with Gasteiger partial charge in [-0.3, -0.25) is 9.59 Å². The van der Waals surface area contributed by atoms with Gasteiger partial charge < -0.3 is 9.47 Å². The summed E-state index contributed by atoms with van der Waals surface area (Å²) < 4.78 is 9.62. The van der Waals surface area contributed by atoms with Crippen LogP contribution in [0.3, 0.4) is 0 Å². The van der Waals surface area contributed by atoms with Crippen molar-refractivity contribution in [3.63, 3.8) is 0 Å². The molecule has 0 N–H and O–H groups in total. The number of hydrogen-bond donors (Lipinski definition) is 0. The van der Waals surface area contributed by atoms with Crippen molar-refractivity contribution < 1.29 is 19.1 Å². The third kappa shape index (κ3) is 16.5. The molecule has 0 fully saturated rings. The predicted molar refractivity (Wildman–Crippen MR) is 96.8 cm³/mol. The molecule has 1 rings (SSSR count). The van der Waals surface area contributed by atoms with Crippen LogP contribution in [-0.4, -0.2) is 25.2 Å². The van der Waals surface area contributed by atoms with Gasteiger partial charge in [0.1, 0.15) is 0 Å². The zero-order chi connectivity index (χ0) is 18.0. The largest absolute Gasteiger partial charge is 0.466 e. The Labute approximate surface area is 146 Å². The molecule has 0 radical (unpaired) electrons. The lowest BCUT2D eigenvalue weighted by Crippen LogP contribution is -2.02.